The Labute approximate surface area is 115 Å². The first-order valence-corrected chi connectivity index (χ1v) is 6.79. The molecule has 0 aromatic heterocycles. The van der Waals surface area contributed by atoms with Gasteiger partial charge in [0.2, 0.25) is 0 Å². The topological polar surface area (TPSA) is 62.3 Å². The summed E-state index contributed by atoms with van der Waals surface area (Å²) in [7, 11) is 0. The molecule has 0 heterocycles. The quantitative estimate of drug-likeness (QED) is 0.766. The zero-order valence-corrected chi connectivity index (χ0v) is 12.0. The van der Waals surface area contributed by atoms with Crippen LogP contribution in [0.3, 0.4) is 0 Å². The monoisotopic (exact) mass is 261 g/mol. The number of nitrogens with two attached hydrogens (primary N) is 1. The van der Waals surface area contributed by atoms with Gasteiger partial charge < -0.3 is 15.4 Å². The molecule has 104 valence electrons. The maximum Gasteiger partial charge on any atom is 0.144 e. The Morgan fingerprint density at radius 3 is 2.74 bits per heavy atom. The predicted molar refractivity (Wildman–Crippen MR) is 79.3 cm³/mol. The molecule has 1 aromatic rings. The molecule has 4 nitrogen and oxygen atoms in total. The molecule has 0 aliphatic carbocycles. The summed E-state index contributed by atoms with van der Waals surface area (Å²) in [6.07, 6.45) is 0.951. The molecule has 0 aliphatic heterocycles. The average Bonchev–Trinajstić information content (AvgIpc) is 2.43. The van der Waals surface area contributed by atoms with Crippen LogP contribution in [0.5, 0.6) is 5.75 Å². The maximum atomic E-state index is 8.92. The molecule has 1 unspecified atom stereocenters. The van der Waals surface area contributed by atoms with Crippen LogP contribution in [0.25, 0.3) is 0 Å². The summed E-state index contributed by atoms with van der Waals surface area (Å²) in [5.74, 6) is 0.722. The Morgan fingerprint density at radius 2 is 2.16 bits per heavy atom. The second-order valence-corrected chi connectivity index (χ2v) is 4.64. The molecular formula is C15H23N3O. The van der Waals surface area contributed by atoms with Gasteiger partial charge in [-0.3, -0.25) is 0 Å². The van der Waals surface area contributed by atoms with E-state index in [4.69, 9.17) is 15.7 Å². The standard InChI is InChI=1S/C15H23N3O/c1-4-8-19-15-9-13(6-7-14(15)17)18(5-2)11-12(3)10-16/h6-7,9,12H,4-5,8,11,17H2,1-3H3. The highest BCUT2D eigenvalue weighted by Gasteiger charge is 2.11. The van der Waals surface area contributed by atoms with Crippen LogP contribution in [-0.4, -0.2) is 19.7 Å². The summed E-state index contributed by atoms with van der Waals surface area (Å²) >= 11 is 0. The van der Waals surface area contributed by atoms with Gasteiger partial charge in [-0.15, -0.1) is 0 Å². The van der Waals surface area contributed by atoms with Crippen LogP contribution in [0.15, 0.2) is 18.2 Å². The van der Waals surface area contributed by atoms with E-state index in [1.54, 1.807) is 0 Å². The summed E-state index contributed by atoms with van der Waals surface area (Å²) in [6.45, 7) is 8.29. The van der Waals surface area contributed by atoms with Gasteiger partial charge in [-0.2, -0.15) is 5.26 Å². The molecule has 0 fully saturated rings. The maximum absolute atomic E-state index is 8.92. The second kappa shape index (κ2) is 7.52. The fourth-order valence-electron chi connectivity index (χ4n) is 1.85. The van der Waals surface area contributed by atoms with Gasteiger partial charge >= 0.3 is 0 Å². The van der Waals surface area contributed by atoms with E-state index < -0.39 is 0 Å². The summed E-state index contributed by atoms with van der Waals surface area (Å²) in [6, 6.07) is 8.05. The fourth-order valence-corrected chi connectivity index (χ4v) is 1.85. The minimum Gasteiger partial charge on any atom is -0.491 e. The van der Waals surface area contributed by atoms with Crippen molar-refractivity contribution in [3.63, 3.8) is 0 Å². The van der Waals surface area contributed by atoms with E-state index in [-0.39, 0.29) is 5.92 Å². The summed E-state index contributed by atoms with van der Waals surface area (Å²) in [4.78, 5) is 2.16. The van der Waals surface area contributed by atoms with E-state index >= 15 is 0 Å². The number of nitrogens with zero attached hydrogens (tertiary/aromatic N) is 2. The number of nitriles is 1. The third-order valence-corrected chi connectivity index (χ3v) is 2.92. The predicted octanol–water partition coefficient (Wildman–Crippen LogP) is 3.04. The summed E-state index contributed by atoms with van der Waals surface area (Å²) in [5, 5.41) is 8.92. The zero-order valence-electron chi connectivity index (χ0n) is 12.0. The van der Waals surface area contributed by atoms with E-state index in [0.29, 0.717) is 18.8 Å². The van der Waals surface area contributed by atoms with Crippen molar-refractivity contribution in [2.75, 3.05) is 30.3 Å². The van der Waals surface area contributed by atoms with Gasteiger partial charge in [0, 0.05) is 24.8 Å². The van der Waals surface area contributed by atoms with Gasteiger partial charge in [0.15, 0.2) is 0 Å². The van der Waals surface area contributed by atoms with E-state index in [1.807, 2.05) is 25.1 Å². The summed E-state index contributed by atoms with van der Waals surface area (Å²) in [5.41, 5.74) is 7.60. The molecule has 0 saturated heterocycles. The SMILES string of the molecule is CCCOc1cc(N(CC)CC(C)C#N)ccc1N. The van der Waals surface area contributed by atoms with Gasteiger partial charge in [0.05, 0.1) is 24.3 Å². The van der Waals surface area contributed by atoms with E-state index in [2.05, 4.69) is 24.8 Å². The lowest BCUT2D eigenvalue weighted by atomic mass is 10.1. The van der Waals surface area contributed by atoms with Crippen LogP contribution in [0, 0.1) is 17.2 Å². The van der Waals surface area contributed by atoms with Crippen LogP contribution in [0.2, 0.25) is 0 Å². The molecular weight excluding hydrogens is 238 g/mol. The molecule has 1 aromatic carbocycles. The Hall–Kier alpha value is -1.89. The number of benzene rings is 1. The molecule has 4 heteroatoms. The Morgan fingerprint density at radius 1 is 1.42 bits per heavy atom. The van der Waals surface area contributed by atoms with Crippen molar-refractivity contribution in [1.29, 1.82) is 5.26 Å². The van der Waals surface area contributed by atoms with E-state index in [1.165, 1.54) is 0 Å². The van der Waals surface area contributed by atoms with Crippen molar-refractivity contribution in [2.45, 2.75) is 27.2 Å². The normalized spacial score (nSPS) is 11.7. The van der Waals surface area contributed by atoms with E-state index in [0.717, 1.165) is 24.4 Å². The number of rotatable bonds is 7. The molecule has 0 spiro atoms. The first kappa shape index (κ1) is 15.2. The van der Waals surface area contributed by atoms with Gasteiger partial charge in [0.1, 0.15) is 5.75 Å². The minimum absolute atomic E-state index is 0.00230. The van der Waals surface area contributed by atoms with Crippen molar-refractivity contribution < 1.29 is 4.74 Å². The highest BCUT2D eigenvalue weighted by atomic mass is 16.5. The Balaban J connectivity index is 2.89. The number of nitrogen functional groups attached to an aromatic ring is 1. The highest BCUT2D eigenvalue weighted by Crippen LogP contribution is 2.28. The van der Waals surface area contributed by atoms with Gasteiger partial charge in [0.25, 0.3) is 0 Å². The number of ether oxygens (including phenoxy) is 1. The lowest BCUT2D eigenvalue weighted by Crippen LogP contribution is -2.27. The molecule has 1 rings (SSSR count). The molecule has 2 N–H and O–H groups in total. The summed E-state index contributed by atoms with van der Waals surface area (Å²) < 4.78 is 5.64. The lowest BCUT2D eigenvalue weighted by Gasteiger charge is -2.25. The molecule has 19 heavy (non-hydrogen) atoms. The van der Waals surface area contributed by atoms with Crippen LogP contribution < -0.4 is 15.4 Å². The molecule has 0 amide bonds. The van der Waals surface area contributed by atoms with Crippen LogP contribution in [0.4, 0.5) is 11.4 Å². The molecule has 0 bridgehead atoms. The molecule has 0 saturated carbocycles. The third-order valence-electron chi connectivity index (χ3n) is 2.92. The average molecular weight is 261 g/mol. The molecule has 0 aliphatic rings. The Kier molecular flexibility index (Phi) is 6.01. The van der Waals surface area contributed by atoms with Crippen LogP contribution >= 0.6 is 0 Å². The smallest absolute Gasteiger partial charge is 0.144 e. The largest absolute Gasteiger partial charge is 0.491 e. The van der Waals surface area contributed by atoms with Crippen LogP contribution in [0.1, 0.15) is 27.2 Å². The first-order chi connectivity index (χ1) is 9.12. The Bertz CT molecular complexity index is 440. The van der Waals surface area contributed by atoms with Crippen molar-refractivity contribution in [3.05, 3.63) is 18.2 Å². The fraction of sp³-hybridized carbons (Fsp3) is 0.533. The first-order valence-electron chi connectivity index (χ1n) is 6.79. The van der Waals surface area contributed by atoms with E-state index in [9.17, 15) is 0 Å². The van der Waals surface area contributed by atoms with Gasteiger partial charge in [-0.25, -0.2) is 0 Å². The number of hydrogen-bond acceptors (Lipinski definition) is 4. The van der Waals surface area contributed by atoms with Crippen molar-refractivity contribution >= 4 is 11.4 Å². The highest BCUT2D eigenvalue weighted by molar-refractivity contribution is 5.62. The van der Waals surface area contributed by atoms with Crippen molar-refractivity contribution in [2.24, 2.45) is 5.92 Å². The molecule has 1 atom stereocenters. The van der Waals surface area contributed by atoms with Gasteiger partial charge in [-0.05, 0) is 32.4 Å². The van der Waals surface area contributed by atoms with Crippen LogP contribution in [-0.2, 0) is 0 Å². The second-order valence-electron chi connectivity index (χ2n) is 4.64. The number of hydrogen-bond donors (Lipinski definition) is 1. The minimum atomic E-state index is -0.00230. The van der Waals surface area contributed by atoms with Crippen molar-refractivity contribution in [3.8, 4) is 11.8 Å². The van der Waals surface area contributed by atoms with Crippen molar-refractivity contribution in [1.82, 2.24) is 0 Å². The third kappa shape index (κ3) is 4.36. The van der Waals surface area contributed by atoms with Gasteiger partial charge in [-0.1, -0.05) is 6.92 Å². The molecule has 0 radical (unpaired) electrons. The zero-order chi connectivity index (χ0) is 14.3. The lowest BCUT2D eigenvalue weighted by molar-refractivity contribution is 0.319. The number of anilines is 2.